The van der Waals surface area contributed by atoms with Gasteiger partial charge in [0, 0.05) is 12.8 Å². The molecule has 0 saturated heterocycles. The first-order valence-corrected chi connectivity index (χ1v) is 21.3. The van der Waals surface area contributed by atoms with Crippen LogP contribution in [0, 0.1) is 11.8 Å². The third kappa shape index (κ3) is 37.3. The first-order chi connectivity index (χ1) is 23.1. The number of ketones is 1. The van der Waals surface area contributed by atoms with Gasteiger partial charge in [-0.05, 0) is 82.5 Å². The van der Waals surface area contributed by atoms with Gasteiger partial charge in [0.2, 0.25) is 0 Å². The standard InChI is InChI=1S/C46H84O/c1-5-8-10-12-14-16-18-20-22-24-26-28-30-32-34-36-40-45(43-46(47)42-38-39-44(4)7-3)41-37-35-33-31-29-27-25-23-21-19-17-15-13-11-9-6-2/h14-17,20-23,44-45H,5-13,18-19,24-43H2,1-4H3/b16-14-,17-15-,22-20-,23-21-. The molecule has 274 valence electrons. The zero-order chi connectivity index (χ0) is 34.3. The number of carbonyl (C=O) groups is 1. The molecule has 0 heterocycles. The van der Waals surface area contributed by atoms with E-state index in [1.165, 1.54) is 167 Å². The highest BCUT2D eigenvalue weighted by atomic mass is 16.1. The SMILES string of the molecule is CCCCC/C=C\C/C=C\CCCCCCCCC(CCCCCCCC/C=C\C/C=C\CCCCC)CC(=O)CCCC(C)CC. The van der Waals surface area contributed by atoms with E-state index in [1.54, 1.807) is 0 Å². The van der Waals surface area contributed by atoms with Crippen LogP contribution in [0.2, 0.25) is 0 Å². The molecule has 1 heteroatoms. The van der Waals surface area contributed by atoms with E-state index in [1.807, 2.05) is 0 Å². The molecule has 0 radical (unpaired) electrons. The first-order valence-electron chi connectivity index (χ1n) is 21.3. The molecule has 0 aromatic rings. The maximum atomic E-state index is 12.8. The lowest BCUT2D eigenvalue weighted by atomic mass is 9.88. The van der Waals surface area contributed by atoms with Gasteiger partial charge in [-0.2, -0.15) is 0 Å². The van der Waals surface area contributed by atoms with Crippen molar-refractivity contribution in [1.29, 1.82) is 0 Å². The summed E-state index contributed by atoms with van der Waals surface area (Å²) in [4.78, 5) is 12.8. The van der Waals surface area contributed by atoms with Crippen LogP contribution in [0.3, 0.4) is 0 Å². The van der Waals surface area contributed by atoms with Gasteiger partial charge in [-0.15, -0.1) is 0 Å². The predicted molar refractivity (Wildman–Crippen MR) is 214 cm³/mol. The molecule has 1 atom stereocenters. The van der Waals surface area contributed by atoms with Crippen molar-refractivity contribution in [2.45, 2.75) is 227 Å². The number of carbonyl (C=O) groups excluding carboxylic acids is 1. The molecule has 0 aliphatic heterocycles. The van der Waals surface area contributed by atoms with Crippen LogP contribution in [0.5, 0.6) is 0 Å². The number of hydrogen-bond donors (Lipinski definition) is 0. The fourth-order valence-corrected chi connectivity index (χ4v) is 6.47. The molecule has 0 aliphatic carbocycles. The molecule has 0 bridgehead atoms. The Kier molecular flexibility index (Phi) is 37.9. The highest BCUT2D eigenvalue weighted by Gasteiger charge is 2.14. The summed E-state index contributed by atoms with van der Waals surface area (Å²) in [6.07, 6.45) is 57.9. The molecular weight excluding hydrogens is 569 g/mol. The van der Waals surface area contributed by atoms with Gasteiger partial charge < -0.3 is 0 Å². The molecule has 0 aliphatic rings. The van der Waals surface area contributed by atoms with Gasteiger partial charge in [0.15, 0.2) is 0 Å². The van der Waals surface area contributed by atoms with Crippen molar-refractivity contribution < 1.29 is 4.79 Å². The molecule has 0 rings (SSSR count). The van der Waals surface area contributed by atoms with Crippen molar-refractivity contribution in [3.05, 3.63) is 48.6 Å². The second-order valence-electron chi connectivity index (χ2n) is 14.8. The highest BCUT2D eigenvalue weighted by molar-refractivity contribution is 5.78. The summed E-state index contributed by atoms with van der Waals surface area (Å²) in [6, 6.07) is 0. The largest absolute Gasteiger partial charge is 0.300 e. The van der Waals surface area contributed by atoms with Crippen molar-refractivity contribution in [2.75, 3.05) is 0 Å². The predicted octanol–water partition coefficient (Wildman–Crippen LogP) is 16.2. The van der Waals surface area contributed by atoms with Crippen LogP contribution in [0.4, 0.5) is 0 Å². The van der Waals surface area contributed by atoms with Crippen molar-refractivity contribution in [3.63, 3.8) is 0 Å². The Bertz CT molecular complexity index is 692. The Labute approximate surface area is 297 Å². The van der Waals surface area contributed by atoms with Crippen molar-refractivity contribution >= 4 is 5.78 Å². The maximum Gasteiger partial charge on any atom is 0.133 e. The van der Waals surface area contributed by atoms with Crippen molar-refractivity contribution in [3.8, 4) is 0 Å². The summed E-state index contributed by atoms with van der Waals surface area (Å²) in [5.74, 6) is 1.93. The molecule has 0 amide bonds. The average Bonchev–Trinajstić information content (AvgIpc) is 3.07. The number of Topliss-reactive ketones (excluding diaryl/α,β-unsaturated/α-hetero) is 1. The smallest absolute Gasteiger partial charge is 0.133 e. The molecular formula is C46H84O. The molecule has 1 nitrogen and oxygen atoms in total. The monoisotopic (exact) mass is 653 g/mol. The Morgan fingerprint density at radius 2 is 0.830 bits per heavy atom. The van der Waals surface area contributed by atoms with E-state index in [0.29, 0.717) is 11.7 Å². The zero-order valence-electron chi connectivity index (χ0n) is 32.6. The molecule has 0 aromatic heterocycles. The number of rotatable bonds is 37. The van der Waals surface area contributed by atoms with E-state index >= 15 is 0 Å². The van der Waals surface area contributed by atoms with Crippen LogP contribution < -0.4 is 0 Å². The number of unbranched alkanes of at least 4 members (excludes halogenated alkanes) is 18. The quantitative estimate of drug-likeness (QED) is 0.0482. The van der Waals surface area contributed by atoms with Gasteiger partial charge in [-0.25, -0.2) is 0 Å². The van der Waals surface area contributed by atoms with E-state index in [4.69, 9.17) is 0 Å². The summed E-state index contributed by atoms with van der Waals surface area (Å²) < 4.78 is 0. The lowest BCUT2D eigenvalue weighted by Gasteiger charge is -2.17. The van der Waals surface area contributed by atoms with Crippen LogP contribution in [-0.2, 0) is 4.79 Å². The first kappa shape index (κ1) is 45.6. The van der Waals surface area contributed by atoms with Gasteiger partial charge >= 0.3 is 0 Å². The summed E-state index contributed by atoms with van der Waals surface area (Å²) in [5.41, 5.74) is 0. The lowest BCUT2D eigenvalue weighted by molar-refractivity contribution is -0.120. The molecule has 0 saturated carbocycles. The number of allylic oxidation sites excluding steroid dienone is 8. The number of hydrogen-bond acceptors (Lipinski definition) is 1. The fourth-order valence-electron chi connectivity index (χ4n) is 6.47. The van der Waals surface area contributed by atoms with Gasteiger partial charge in [-0.1, -0.05) is 192 Å². The van der Waals surface area contributed by atoms with Gasteiger partial charge in [0.25, 0.3) is 0 Å². The summed E-state index contributed by atoms with van der Waals surface area (Å²) in [5, 5.41) is 0. The average molecular weight is 653 g/mol. The van der Waals surface area contributed by atoms with E-state index in [0.717, 1.165) is 38.0 Å². The molecule has 0 spiro atoms. The minimum atomic E-state index is 0.540. The maximum absolute atomic E-state index is 12.8. The minimum Gasteiger partial charge on any atom is -0.300 e. The second kappa shape index (κ2) is 39.1. The van der Waals surface area contributed by atoms with Gasteiger partial charge in [0.1, 0.15) is 5.78 Å². The van der Waals surface area contributed by atoms with Crippen molar-refractivity contribution in [1.82, 2.24) is 0 Å². The van der Waals surface area contributed by atoms with Crippen LogP contribution in [0.15, 0.2) is 48.6 Å². The lowest BCUT2D eigenvalue weighted by Crippen LogP contribution is -2.09. The summed E-state index contributed by atoms with van der Waals surface area (Å²) in [6.45, 7) is 9.13. The summed E-state index contributed by atoms with van der Waals surface area (Å²) >= 11 is 0. The molecule has 0 aromatic carbocycles. The Hall–Kier alpha value is -1.37. The molecule has 0 fully saturated rings. The van der Waals surface area contributed by atoms with E-state index in [-0.39, 0.29) is 0 Å². The van der Waals surface area contributed by atoms with Crippen LogP contribution in [0.1, 0.15) is 227 Å². The molecule has 0 N–H and O–H groups in total. The third-order valence-electron chi connectivity index (χ3n) is 9.99. The van der Waals surface area contributed by atoms with E-state index in [9.17, 15) is 4.79 Å². The zero-order valence-corrected chi connectivity index (χ0v) is 32.6. The van der Waals surface area contributed by atoms with Crippen LogP contribution in [-0.4, -0.2) is 5.78 Å². The van der Waals surface area contributed by atoms with E-state index < -0.39 is 0 Å². The Morgan fingerprint density at radius 3 is 1.23 bits per heavy atom. The highest BCUT2D eigenvalue weighted by Crippen LogP contribution is 2.24. The second-order valence-corrected chi connectivity index (χ2v) is 14.8. The Morgan fingerprint density at radius 1 is 0.447 bits per heavy atom. The van der Waals surface area contributed by atoms with E-state index in [2.05, 4.69) is 76.3 Å². The summed E-state index contributed by atoms with van der Waals surface area (Å²) in [7, 11) is 0. The van der Waals surface area contributed by atoms with Crippen LogP contribution >= 0.6 is 0 Å². The Balaban J connectivity index is 4.07. The van der Waals surface area contributed by atoms with Gasteiger partial charge in [-0.3, -0.25) is 4.79 Å². The van der Waals surface area contributed by atoms with Crippen LogP contribution in [0.25, 0.3) is 0 Å². The van der Waals surface area contributed by atoms with Crippen molar-refractivity contribution in [2.24, 2.45) is 11.8 Å². The minimum absolute atomic E-state index is 0.540. The topological polar surface area (TPSA) is 17.1 Å². The molecule has 47 heavy (non-hydrogen) atoms. The molecule has 1 unspecified atom stereocenters. The van der Waals surface area contributed by atoms with Gasteiger partial charge in [0.05, 0.1) is 0 Å². The third-order valence-corrected chi connectivity index (χ3v) is 9.99. The fraction of sp³-hybridized carbons (Fsp3) is 0.804. The normalized spacial score (nSPS) is 13.0.